The molecule has 1 aromatic heterocycles. The summed E-state index contributed by atoms with van der Waals surface area (Å²) in [4.78, 5) is 13.9. The normalized spacial score (nSPS) is 11.8. The van der Waals surface area contributed by atoms with Gasteiger partial charge in [0.15, 0.2) is 3.77 Å². The molecule has 0 spiro atoms. The van der Waals surface area contributed by atoms with E-state index in [4.69, 9.17) is 9.15 Å². The Morgan fingerprint density at radius 3 is 2.57 bits per heavy atom. The number of nitrogens with one attached hydrogen (secondary N) is 1. The molecule has 1 amide bonds. The summed E-state index contributed by atoms with van der Waals surface area (Å²) < 4.78 is 11.8. The molecule has 0 bridgehead atoms. The van der Waals surface area contributed by atoms with Gasteiger partial charge in [-0.3, -0.25) is 0 Å². The Morgan fingerprint density at radius 2 is 2.10 bits per heavy atom. The average molecular weight is 408 g/mol. The third-order valence-corrected chi connectivity index (χ3v) is 3.29. The van der Waals surface area contributed by atoms with E-state index < -0.39 is 5.60 Å². The fourth-order valence-electron chi connectivity index (χ4n) is 1.74. The quantitative estimate of drug-likeness (QED) is 0.577. The van der Waals surface area contributed by atoms with Crippen molar-refractivity contribution in [2.45, 2.75) is 52.8 Å². The van der Waals surface area contributed by atoms with Crippen LogP contribution in [-0.2, 0) is 11.3 Å². The van der Waals surface area contributed by atoms with E-state index in [1.807, 2.05) is 46.8 Å². The number of amides is 1. The lowest BCUT2D eigenvalue weighted by atomic mass is 10.2. The van der Waals surface area contributed by atoms with Crippen LogP contribution in [-0.4, -0.2) is 35.7 Å². The van der Waals surface area contributed by atoms with Crippen LogP contribution in [0.25, 0.3) is 0 Å². The van der Waals surface area contributed by atoms with Crippen molar-refractivity contribution in [2.24, 2.45) is 0 Å². The Kier molecular flexibility index (Phi) is 6.99. The molecule has 1 rings (SSSR count). The van der Waals surface area contributed by atoms with Gasteiger partial charge in [0.25, 0.3) is 0 Å². The molecule has 21 heavy (non-hydrogen) atoms. The maximum atomic E-state index is 12.1. The minimum absolute atomic E-state index is 0.103. The Hall–Kier alpha value is -0.760. The van der Waals surface area contributed by atoms with Crippen molar-refractivity contribution in [1.29, 1.82) is 0 Å². The second-order valence-corrected chi connectivity index (χ2v) is 7.21. The Balaban J connectivity index is 2.39. The summed E-state index contributed by atoms with van der Waals surface area (Å²) in [6, 6.07) is 3.98. The van der Waals surface area contributed by atoms with E-state index in [9.17, 15) is 4.79 Å². The van der Waals surface area contributed by atoms with E-state index in [1.165, 1.54) is 0 Å². The van der Waals surface area contributed by atoms with Gasteiger partial charge < -0.3 is 19.4 Å². The molecule has 0 fully saturated rings. The van der Waals surface area contributed by atoms with Gasteiger partial charge in [-0.2, -0.15) is 0 Å². The van der Waals surface area contributed by atoms with Crippen LogP contribution < -0.4 is 5.32 Å². The highest BCUT2D eigenvalue weighted by Crippen LogP contribution is 2.12. The maximum Gasteiger partial charge on any atom is 0.410 e. The molecule has 0 saturated carbocycles. The summed E-state index contributed by atoms with van der Waals surface area (Å²) in [5.41, 5.74) is -0.470. The van der Waals surface area contributed by atoms with Gasteiger partial charge in [0.1, 0.15) is 11.4 Å². The second kappa shape index (κ2) is 8.03. The van der Waals surface area contributed by atoms with Crippen LogP contribution in [0.5, 0.6) is 0 Å². The van der Waals surface area contributed by atoms with Gasteiger partial charge in [-0.1, -0.05) is 0 Å². The maximum absolute atomic E-state index is 12.1. The van der Waals surface area contributed by atoms with Gasteiger partial charge >= 0.3 is 6.09 Å². The van der Waals surface area contributed by atoms with Crippen LogP contribution in [0.15, 0.2) is 16.5 Å². The van der Waals surface area contributed by atoms with E-state index in [0.29, 0.717) is 19.6 Å². The number of furan rings is 1. The monoisotopic (exact) mass is 408 g/mol. The number of ether oxygens (including phenoxy) is 1. The molecular formula is C15H25IN2O3. The van der Waals surface area contributed by atoms with E-state index in [0.717, 1.165) is 9.53 Å². The molecule has 5 nitrogen and oxygen atoms in total. The van der Waals surface area contributed by atoms with Crippen LogP contribution in [0, 0.1) is 3.77 Å². The number of hydrogen-bond donors (Lipinski definition) is 1. The number of rotatable bonds is 6. The summed E-state index contributed by atoms with van der Waals surface area (Å²) >= 11 is 2.14. The average Bonchev–Trinajstić information content (AvgIpc) is 2.71. The lowest BCUT2D eigenvalue weighted by molar-refractivity contribution is 0.0193. The molecule has 1 aromatic rings. The molecule has 0 unspecified atom stereocenters. The zero-order valence-electron chi connectivity index (χ0n) is 13.4. The number of carbonyl (C=O) groups excluding carboxylic acids is 1. The van der Waals surface area contributed by atoms with Gasteiger partial charge in [-0.05, 0) is 69.3 Å². The van der Waals surface area contributed by atoms with E-state index >= 15 is 0 Å². The minimum Gasteiger partial charge on any atom is -0.454 e. The molecule has 1 heterocycles. The first kappa shape index (κ1) is 18.3. The standard InChI is InChI=1S/C15H25IN2O3/c1-11(2)18(14(19)21-15(3,4)5)9-8-17-10-12-6-7-13(16)20-12/h6-7,11,17H,8-10H2,1-5H3. The minimum atomic E-state index is -0.470. The Bertz CT molecular complexity index is 452. The van der Waals surface area contributed by atoms with Crippen molar-refractivity contribution in [3.05, 3.63) is 21.7 Å². The second-order valence-electron chi connectivity index (χ2n) is 6.15. The first-order chi connectivity index (χ1) is 9.69. The van der Waals surface area contributed by atoms with Crippen LogP contribution in [0.2, 0.25) is 0 Å². The van der Waals surface area contributed by atoms with E-state index in [-0.39, 0.29) is 12.1 Å². The topological polar surface area (TPSA) is 54.7 Å². The van der Waals surface area contributed by atoms with Gasteiger partial charge in [0.2, 0.25) is 0 Å². The molecule has 6 heteroatoms. The Morgan fingerprint density at radius 1 is 1.43 bits per heavy atom. The third kappa shape index (κ3) is 7.17. The molecule has 0 aromatic carbocycles. The van der Waals surface area contributed by atoms with Crippen molar-refractivity contribution >= 4 is 28.7 Å². The first-order valence-corrected chi connectivity index (χ1v) is 8.21. The van der Waals surface area contributed by atoms with Gasteiger partial charge in [-0.25, -0.2) is 4.79 Å². The molecule has 0 aliphatic heterocycles. The number of halogens is 1. The third-order valence-electron chi connectivity index (χ3n) is 2.71. The molecule has 0 radical (unpaired) electrons. The lowest BCUT2D eigenvalue weighted by Gasteiger charge is -2.30. The van der Waals surface area contributed by atoms with Crippen LogP contribution in [0.3, 0.4) is 0 Å². The van der Waals surface area contributed by atoms with Crippen molar-refractivity contribution in [3.8, 4) is 0 Å². The summed E-state index contributed by atoms with van der Waals surface area (Å²) in [5.74, 6) is 0.896. The highest BCUT2D eigenvalue weighted by Gasteiger charge is 2.23. The smallest absolute Gasteiger partial charge is 0.410 e. The van der Waals surface area contributed by atoms with Gasteiger partial charge in [0, 0.05) is 19.1 Å². The van der Waals surface area contributed by atoms with Crippen molar-refractivity contribution in [3.63, 3.8) is 0 Å². The number of hydrogen-bond acceptors (Lipinski definition) is 4. The first-order valence-electron chi connectivity index (χ1n) is 7.13. The fourth-order valence-corrected chi connectivity index (χ4v) is 2.20. The zero-order valence-corrected chi connectivity index (χ0v) is 15.6. The van der Waals surface area contributed by atoms with Crippen molar-refractivity contribution in [2.75, 3.05) is 13.1 Å². The van der Waals surface area contributed by atoms with Crippen LogP contribution in [0.1, 0.15) is 40.4 Å². The SMILES string of the molecule is CC(C)N(CCNCc1ccc(I)o1)C(=O)OC(C)(C)C. The van der Waals surface area contributed by atoms with Gasteiger partial charge in [0.05, 0.1) is 6.54 Å². The van der Waals surface area contributed by atoms with E-state index in [2.05, 4.69) is 27.9 Å². The highest BCUT2D eigenvalue weighted by molar-refractivity contribution is 14.1. The summed E-state index contributed by atoms with van der Waals surface area (Å²) in [5, 5.41) is 3.27. The summed E-state index contributed by atoms with van der Waals surface area (Å²) in [7, 11) is 0. The highest BCUT2D eigenvalue weighted by atomic mass is 127. The fraction of sp³-hybridized carbons (Fsp3) is 0.667. The summed E-state index contributed by atoms with van der Waals surface area (Å²) in [6.45, 7) is 11.5. The number of nitrogens with zero attached hydrogens (tertiary/aromatic N) is 1. The van der Waals surface area contributed by atoms with Crippen LogP contribution in [0.4, 0.5) is 4.79 Å². The van der Waals surface area contributed by atoms with Crippen molar-refractivity contribution in [1.82, 2.24) is 10.2 Å². The Labute approximate surface area is 140 Å². The van der Waals surface area contributed by atoms with Crippen LogP contribution >= 0.6 is 22.6 Å². The number of carbonyl (C=O) groups is 1. The predicted molar refractivity (Wildman–Crippen MR) is 91.2 cm³/mol. The molecule has 120 valence electrons. The molecule has 1 N–H and O–H groups in total. The molecule has 0 saturated heterocycles. The van der Waals surface area contributed by atoms with Gasteiger partial charge in [-0.15, -0.1) is 0 Å². The molecule has 0 aliphatic rings. The molecular weight excluding hydrogens is 383 g/mol. The molecule has 0 aliphatic carbocycles. The molecule has 0 atom stereocenters. The zero-order chi connectivity index (χ0) is 16.0. The predicted octanol–water partition coefficient (Wildman–Crippen LogP) is 3.62. The van der Waals surface area contributed by atoms with Crippen molar-refractivity contribution < 1.29 is 13.9 Å². The van der Waals surface area contributed by atoms with E-state index in [1.54, 1.807) is 4.90 Å². The lowest BCUT2D eigenvalue weighted by Crippen LogP contribution is -2.44. The largest absolute Gasteiger partial charge is 0.454 e. The summed E-state index contributed by atoms with van der Waals surface area (Å²) in [6.07, 6.45) is -0.271.